The second-order valence-corrected chi connectivity index (χ2v) is 6.33. The SMILES string of the molecule is COc1ccc(Cn2cnc(C(F)(F)I)c(Br)c2=O)cc1. The van der Waals surface area contributed by atoms with Gasteiger partial charge in [0.15, 0.2) is 0 Å². The van der Waals surface area contributed by atoms with Crippen molar-refractivity contribution in [3.05, 3.63) is 56.7 Å². The molecule has 2 aromatic rings. The number of aromatic nitrogens is 2. The Kier molecular flexibility index (Phi) is 4.97. The summed E-state index contributed by atoms with van der Waals surface area (Å²) in [4.78, 5) is 15.8. The molecule has 0 aliphatic heterocycles. The summed E-state index contributed by atoms with van der Waals surface area (Å²) in [5, 5.41) is 0. The Morgan fingerprint density at radius 2 is 2.00 bits per heavy atom. The van der Waals surface area contributed by atoms with E-state index in [1.165, 1.54) is 4.57 Å². The van der Waals surface area contributed by atoms with E-state index >= 15 is 0 Å². The second kappa shape index (κ2) is 6.39. The maximum absolute atomic E-state index is 13.3. The molecule has 0 saturated carbocycles. The summed E-state index contributed by atoms with van der Waals surface area (Å²) in [7, 11) is 1.56. The van der Waals surface area contributed by atoms with Crippen LogP contribution in [0.2, 0.25) is 0 Å². The predicted octanol–water partition coefficient (Wildman–Crippen LogP) is 3.55. The van der Waals surface area contributed by atoms with E-state index in [0.29, 0.717) is 5.75 Å². The van der Waals surface area contributed by atoms with E-state index in [-0.39, 0.29) is 11.0 Å². The molecule has 0 aliphatic rings. The molecule has 112 valence electrons. The standard InChI is InChI=1S/C13H10BrF2IN2O2/c1-21-9-4-2-8(3-5-9)6-19-7-18-11(13(15,16)17)10(14)12(19)20/h2-5,7H,6H2,1H3. The zero-order chi connectivity index (χ0) is 15.6. The van der Waals surface area contributed by atoms with Crippen molar-refractivity contribution in [1.29, 1.82) is 0 Å². The average molecular weight is 471 g/mol. The summed E-state index contributed by atoms with van der Waals surface area (Å²) in [6.45, 7) is 0.238. The Bertz CT molecular complexity index is 699. The minimum Gasteiger partial charge on any atom is -0.497 e. The fraction of sp³-hybridized carbons (Fsp3) is 0.231. The lowest BCUT2D eigenvalue weighted by atomic mass is 10.2. The van der Waals surface area contributed by atoms with E-state index in [9.17, 15) is 13.6 Å². The molecule has 0 unspecified atom stereocenters. The molecule has 0 fully saturated rings. The van der Waals surface area contributed by atoms with Gasteiger partial charge in [0.05, 0.1) is 20.0 Å². The van der Waals surface area contributed by atoms with E-state index in [1.807, 2.05) is 0 Å². The number of hydrogen-bond acceptors (Lipinski definition) is 3. The fourth-order valence-corrected chi connectivity index (χ4v) is 3.06. The van der Waals surface area contributed by atoms with Crippen molar-refractivity contribution in [3.8, 4) is 5.75 Å². The first-order valence-corrected chi connectivity index (χ1v) is 7.65. The van der Waals surface area contributed by atoms with Gasteiger partial charge in [0.2, 0.25) is 0 Å². The number of hydrogen-bond donors (Lipinski definition) is 0. The van der Waals surface area contributed by atoms with Crippen LogP contribution >= 0.6 is 38.5 Å². The van der Waals surface area contributed by atoms with Crippen molar-refractivity contribution < 1.29 is 13.5 Å². The zero-order valence-corrected chi connectivity index (χ0v) is 14.6. The molecule has 0 N–H and O–H groups in total. The van der Waals surface area contributed by atoms with Crippen LogP contribution in [0.4, 0.5) is 8.78 Å². The largest absolute Gasteiger partial charge is 0.497 e. The molecule has 1 heterocycles. The highest BCUT2D eigenvalue weighted by molar-refractivity contribution is 14.1. The molecular formula is C13H10BrF2IN2O2. The van der Waals surface area contributed by atoms with E-state index in [0.717, 1.165) is 34.5 Å². The van der Waals surface area contributed by atoms with Gasteiger partial charge in [-0.15, -0.1) is 0 Å². The maximum Gasteiger partial charge on any atom is 0.339 e. The molecule has 21 heavy (non-hydrogen) atoms. The van der Waals surface area contributed by atoms with Gasteiger partial charge in [-0.1, -0.05) is 12.1 Å². The van der Waals surface area contributed by atoms with Crippen molar-refractivity contribution >= 4 is 38.5 Å². The van der Waals surface area contributed by atoms with Gasteiger partial charge in [0, 0.05) is 22.6 Å². The van der Waals surface area contributed by atoms with Gasteiger partial charge in [-0.25, -0.2) is 4.98 Å². The first kappa shape index (κ1) is 16.3. The summed E-state index contributed by atoms with van der Waals surface area (Å²) < 4.78 is 29.4. The topological polar surface area (TPSA) is 44.1 Å². The molecular weight excluding hydrogens is 461 g/mol. The molecule has 4 nitrogen and oxygen atoms in total. The van der Waals surface area contributed by atoms with Crippen molar-refractivity contribution in [2.24, 2.45) is 0 Å². The summed E-state index contributed by atoms with van der Waals surface area (Å²) in [5.41, 5.74) is -0.285. The first-order chi connectivity index (χ1) is 9.82. The Balaban J connectivity index is 2.33. The van der Waals surface area contributed by atoms with Crippen LogP contribution in [-0.2, 0) is 10.5 Å². The summed E-state index contributed by atoms with van der Waals surface area (Å²) in [6.07, 6.45) is 1.12. The highest BCUT2D eigenvalue weighted by atomic mass is 127. The quantitative estimate of drug-likeness (QED) is 0.507. The van der Waals surface area contributed by atoms with Crippen molar-refractivity contribution in [1.82, 2.24) is 9.55 Å². The normalized spacial score (nSPS) is 11.5. The number of rotatable bonds is 4. The lowest BCUT2D eigenvalue weighted by Crippen LogP contribution is -2.25. The van der Waals surface area contributed by atoms with Gasteiger partial charge >= 0.3 is 3.93 Å². The lowest BCUT2D eigenvalue weighted by molar-refractivity contribution is 0.120. The number of ether oxygens (including phenoxy) is 1. The molecule has 1 aromatic carbocycles. The predicted molar refractivity (Wildman–Crippen MR) is 86.2 cm³/mol. The number of alkyl halides is 3. The Labute approximate surface area is 141 Å². The van der Waals surface area contributed by atoms with Gasteiger partial charge in [-0.3, -0.25) is 9.36 Å². The van der Waals surface area contributed by atoms with Gasteiger partial charge < -0.3 is 4.74 Å². The minimum atomic E-state index is -3.20. The van der Waals surface area contributed by atoms with Gasteiger partial charge in [-0.05, 0) is 33.6 Å². The van der Waals surface area contributed by atoms with Crippen LogP contribution in [-0.4, -0.2) is 16.7 Å². The fourth-order valence-electron chi connectivity index (χ4n) is 1.70. The molecule has 0 aliphatic carbocycles. The molecule has 0 atom stereocenters. The minimum absolute atomic E-state index is 0.224. The Morgan fingerprint density at radius 3 is 2.52 bits per heavy atom. The average Bonchev–Trinajstić information content (AvgIpc) is 2.43. The van der Waals surface area contributed by atoms with Crippen molar-refractivity contribution in [2.75, 3.05) is 7.11 Å². The summed E-state index contributed by atoms with van der Waals surface area (Å²) in [6, 6.07) is 7.10. The van der Waals surface area contributed by atoms with Crippen LogP contribution in [0.1, 0.15) is 11.3 Å². The van der Waals surface area contributed by atoms with Gasteiger partial charge in [0.25, 0.3) is 5.56 Å². The van der Waals surface area contributed by atoms with Crippen LogP contribution in [0.5, 0.6) is 5.75 Å². The second-order valence-electron chi connectivity index (χ2n) is 4.19. The number of methoxy groups -OCH3 is 1. The van der Waals surface area contributed by atoms with Crippen molar-refractivity contribution in [3.63, 3.8) is 0 Å². The van der Waals surface area contributed by atoms with Crippen LogP contribution in [0.15, 0.2) is 39.9 Å². The molecule has 0 saturated heterocycles. The molecule has 0 radical (unpaired) electrons. The van der Waals surface area contributed by atoms with Crippen LogP contribution in [0.3, 0.4) is 0 Å². The van der Waals surface area contributed by atoms with Gasteiger partial charge in [0.1, 0.15) is 15.9 Å². The van der Waals surface area contributed by atoms with Crippen LogP contribution in [0, 0.1) is 0 Å². The first-order valence-electron chi connectivity index (χ1n) is 5.78. The number of benzene rings is 1. The third-order valence-corrected chi connectivity index (χ3v) is 3.99. The number of nitrogens with zero attached hydrogens (tertiary/aromatic N) is 2. The summed E-state index contributed by atoms with van der Waals surface area (Å²) >= 11 is 3.84. The maximum atomic E-state index is 13.3. The zero-order valence-electron chi connectivity index (χ0n) is 10.8. The van der Waals surface area contributed by atoms with E-state index < -0.39 is 15.2 Å². The Hall–Kier alpha value is -1.03. The highest BCUT2D eigenvalue weighted by Gasteiger charge is 2.33. The molecule has 0 bridgehead atoms. The number of halogens is 4. The molecule has 0 amide bonds. The third kappa shape index (κ3) is 3.79. The summed E-state index contributed by atoms with van der Waals surface area (Å²) in [5.74, 6) is 0.699. The van der Waals surface area contributed by atoms with Gasteiger partial charge in [-0.2, -0.15) is 8.78 Å². The highest BCUT2D eigenvalue weighted by Crippen LogP contribution is 2.36. The van der Waals surface area contributed by atoms with E-state index in [2.05, 4.69) is 20.9 Å². The monoisotopic (exact) mass is 470 g/mol. The van der Waals surface area contributed by atoms with E-state index in [1.54, 1.807) is 31.4 Å². The smallest absolute Gasteiger partial charge is 0.339 e. The van der Waals surface area contributed by atoms with Crippen LogP contribution < -0.4 is 10.3 Å². The van der Waals surface area contributed by atoms with Crippen LogP contribution in [0.25, 0.3) is 0 Å². The lowest BCUT2D eigenvalue weighted by Gasteiger charge is -2.12. The molecule has 8 heteroatoms. The van der Waals surface area contributed by atoms with Crippen molar-refractivity contribution in [2.45, 2.75) is 10.5 Å². The molecule has 1 aromatic heterocycles. The molecule has 2 rings (SSSR count). The Morgan fingerprint density at radius 1 is 1.38 bits per heavy atom. The van der Waals surface area contributed by atoms with E-state index in [4.69, 9.17) is 4.74 Å². The third-order valence-electron chi connectivity index (χ3n) is 2.76. The molecule has 0 spiro atoms.